The monoisotopic (exact) mass is 456 g/mol. The number of aryl methyl sites for hydroxylation is 1. The first-order chi connectivity index (χ1) is 15.3. The van der Waals surface area contributed by atoms with Gasteiger partial charge in [0, 0.05) is 11.8 Å². The van der Waals surface area contributed by atoms with E-state index in [1.165, 1.54) is 30.3 Å². The van der Waals surface area contributed by atoms with Crippen molar-refractivity contribution >= 4 is 27.3 Å². The summed E-state index contributed by atoms with van der Waals surface area (Å²) in [5.74, 6) is -0.308. The third-order valence-corrected chi connectivity index (χ3v) is 6.58. The fraction of sp³-hybridized carbons (Fsp3) is 0.174. The van der Waals surface area contributed by atoms with Crippen LogP contribution in [0.2, 0.25) is 0 Å². The topological polar surface area (TPSA) is 84.9 Å². The normalized spacial score (nSPS) is 12.8. The van der Waals surface area contributed by atoms with Crippen LogP contribution in [0.5, 0.6) is 11.5 Å². The zero-order valence-electron chi connectivity index (χ0n) is 17.2. The minimum atomic E-state index is -4.18. The van der Waals surface area contributed by atoms with E-state index in [4.69, 9.17) is 9.47 Å². The number of rotatable bonds is 6. The summed E-state index contributed by atoms with van der Waals surface area (Å²) in [5, 5.41) is 2.70. The van der Waals surface area contributed by atoms with Gasteiger partial charge in [-0.2, -0.15) is 0 Å². The molecule has 0 unspecified atom stereocenters. The second kappa shape index (κ2) is 8.88. The molecular formula is C23H21FN2O5S. The lowest BCUT2D eigenvalue weighted by atomic mass is 10.2. The minimum Gasteiger partial charge on any atom is -0.486 e. The molecule has 1 aliphatic rings. The van der Waals surface area contributed by atoms with Crippen LogP contribution >= 0.6 is 0 Å². The lowest BCUT2D eigenvalue weighted by molar-refractivity contribution is -0.114. The number of hydrogen-bond acceptors (Lipinski definition) is 5. The third-order valence-electron chi connectivity index (χ3n) is 4.81. The van der Waals surface area contributed by atoms with E-state index >= 15 is 0 Å². The molecule has 1 N–H and O–H groups in total. The zero-order valence-corrected chi connectivity index (χ0v) is 18.1. The molecule has 0 aromatic heterocycles. The van der Waals surface area contributed by atoms with E-state index in [0.29, 0.717) is 30.4 Å². The molecular weight excluding hydrogens is 435 g/mol. The molecule has 0 saturated heterocycles. The molecule has 0 saturated carbocycles. The van der Waals surface area contributed by atoms with Crippen LogP contribution in [0.1, 0.15) is 5.56 Å². The first-order valence-corrected chi connectivity index (χ1v) is 11.3. The SMILES string of the molecule is Cc1cccc(NC(=O)CN(c2ccc(F)cc2)S(=O)(=O)c2ccc3c(c2)OCCO3)c1. The highest BCUT2D eigenvalue weighted by atomic mass is 32.2. The van der Waals surface area contributed by atoms with Gasteiger partial charge in [0.2, 0.25) is 5.91 Å². The van der Waals surface area contributed by atoms with E-state index in [0.717, 1.165) is 22.0 Å². The van der Waals surface area contributed by atoms with Gasteiger partial charge in [-0.3, -0.25) is 9.10 Å². The molecule has 32 heavy (non-hydrogen) atoms. The van der Waals surface area contributed by atoms with E-state index in [1.807, 2.05) is 13.0 Å². The average Bonchev–Trinajstić information content (AvgIpc) is 2.78. The standard InChI is InChI=1S/C23H21FN2O5S/c1-16-3-2-4-18(13-16)25-23(27)15-26(19-7-5-17(24)6-8-19)32(28,29)20-9-10-21-22(14-20)31-12-11-30-21/h2-10,13-14H,11-12,15H2,1H3,(H,25,27). The van der Waals surface area contributed by atoms with Crippen molar-refractivity contribution in [2.75, 3.05) is 29.4 Å². The van der Waals surface area contributed by atoms with Crippen LogP contribution in [0.15, 0.2) is 71.6 Å². The molecule has 0 radical (unpaired) electrons. The van der Waals surface area contributed by atoms with E-state index in [1.54, 1.807) is 18.2 Å². The molecule has 0 atom stereocenters. The van der Waals surface area contributed by atoms with Crippen LogP contribution in [0, 0.1) is 12.7 Å². The van der Waals surface area contributed by atoms with Gasteiger partial charge < -0.3 is 14.8 Å². The summed E-state index contributed by atoms with van der Waals surface area (Å²) in [5.41, 5.74) is 1.65. The molecule has 0 aliphatic carbocycles. The Morgan fingerprint density at radius 1 is 1.00 bits per heavy atom. The van der Waals surface area contributed by atoms with Crippen molar-refractivity contribution < 1.29 is 27.1 Å². The number of nitrogens with zero attached hydrogens (tertiary/aromatic N) is 1. The average molecular weight is 456 g/mol. The van der Waals surface area contributed by atoms with Crippen LogP contribution in [0.4, 0.5) is 15.8 Å². The summed E-state index contributed by atoms with van der Waals surface area (Å²) in [6.45, 7) is 2.06. The van der Waals surface area contributed by atoms with E-state index in [-0.39, 0.29) is 10.6 Å². The Kier molecular flexibility index (Phi) is 6.00. The highest BCUT2D eigenvalue weighted by Crippen LogP contribution is 2.34. The van der Waals surface area contributed by atoms with Gasteiger partial charge >= 0.3 is 0 Å². The van der Waals surface area contributed by atoms with Gasteiger partial charge in [-0.25, -0.2) is 12.8 Å². The van der Waals surface area contributed by atoms with Gasteiger partial charge in [0.05, 0.1) is 10.6 Å². The van der Waals surface area contributed by atoms with Gasteiger partial charge in [0.25, 0.3) is 10.0 Å². The van der Waals surface area contributed by atoms with Crippen LogP contribution in [-0.2, 0) is 14.8 Å². The van der Waals surface area contributed by atoms with Gasteiger partial charge in [-0.15, -0.1) is 0 Å². The highest BCUT2D eigenvalue weighted by molar-refractivity contribution is 7.92. The molecule has 3 aromatic carbocycles. The second-order valence-corrected chi connectivity index (χ2v) is 9.07. The third kappa shape index (κ3) is 4.67. The molecule has 9 heteroatoms. The molecule has 7 nitrogen and oxygen atoms in total. The number of carbonyl (C=O) groups excluding carboxylic acids is 1. The number of sulfonamides is 1. The Labute approximate surface area is 185 Å². The van der Waals surface area contributed by atoms with Crippen molar-refractivity contribution in [3.05, 3.63) is 78.1 Å². The number of benzene rings is 3. The molecule has 1 amide bonds. The van der Waals surface area contributed by atoms with Crippen molar-refractivity contribution in [2.45, 2.75) is 11.8 Å². The first-order valence-electron chi connectivity index (χ1n) is 9.87. The molecule has 0 bridgehead atoms. The Balaban J connectivity index is 1.67. The molecule has 166 valence electrons. The zero-order chi connectivity index (χ0) is 22.7. The number of amides is 1. The molecule has 0 fully saturated rings. The lowest BCUT2D eigenvalue weighted by Gasteiger charge is -2.25. The summed E-state index contributed by atoms with van der Waals surface area (Å²) < 4.78 is 52.4. The fourth-order valence-electron chi connectivity index (χ4n) is 3.29. The summed E-state index contributed by atoms with van der Waals surface area (Å²) in [7, 11) is -4.18. The van der Waals surface area contributed by atoms with Crippen molar-refractivity contribution in [1.82, 2.24) is 0 Å². The smallest absolute Gasteiger partial charge is 0.264 e. The molecule has 1 aliphatic heterocycles. The van der Waals surface area contributed by atoms with Crippen molar-refractivity contribution in [3.63, 3.8) is 0 Å². The van der Waals surface area contributed by atoms with Gasteiger partial charge in [-0.1, -0.05) is 12.1 Å². The summed E-state index contributed by atoms with van der Waals surface area (Å²) in [6.07, 6.45) is 0. The predicted octanol–water partition coefficient (Wildman–Crippen LogP) is 3.74. The largest absolute Gasteiger partial charge is 0.486 e. The Morgan fingerprint density at radius 2 is 1.72 bits per heavy atom. The van der Waals surface area contributed by atoms with Crippen LogP contribution in [0.25, 0.3) is 0 Å². The number of anilines is 2. The first kappa shape index (κ1) is 21.6. The van der Waals surface area contributed by atoms with E-state index in [2.05, 4.69) is 5.32 Å². The summed E-state index contributed by atoms with van der Waals surface area (Å²) in [6, 6.07) is 16.3. The second-order valence-electron chi connectivity index (χ2n) is 7.21. The maximum Gasteiger partial charge on any atom is 0.264 e. The molecule has 4 rings (SSSR count). The number of carbonyl (C=O) groups is 1. The van der Waals surface area contributed by atoms with Crippen molar-refractivity contribution in [1.29, 1.82) is 0 Å². The quantitative estimate of drug-likeness (QED) is 0.611. The number of hydrogen-bond donors (Lipinski definition) is 1. The van der Waals surface area contributed by atoms with Gasteiger partial charge in [0.1, 0.15) is 25.6 Å². The number of ether oxygens (including phenoxy) is 2. The lowest BCUT2D eigenvalue weighted by Crippen LogP contribution is -2.38. The predicted molar refractivity (Wildman–Crippen MR) is 118 cm³/mol. The minimum absolute atomic E-state index is 0.0746. The van der Waals surface area contributed by atoms with Crippen molar-refractivity contribution in [2.24, 2.45) is 0 Å². The van der Waals surface area contributed by atoms with Crippen molar-refractivity contribution in [3.8, 4) is 11.5 Å². The number of halogens is 1. The van der Waals surface area contributed by atoms with Gasteiger partial charge in [0.15, 0.2) is 11.5 Å². The van der Waals surface area contributed by atoms with E-state index < -0.39 is 28.3 Å². The highest BCUT2D eigenvalue weighted by Gasteiger charge is 2.29. The molecule has 0 spiro atoms. The molecule has 3 aromatic rings. The van der Waals surface area contributed by atoms with Gasteiger partial charge in [-0.05, 0) is 61.0 Å². The fourth-order valence-corrected chi connectivity index (χ4v) is 4.72. The number of nitrogens with one attached hydrogen (secondary N) is 1. The maximum absolute atomic E-state index is 13.5. The number of fused-ring (bicyclic) bond motifs is 1. The Bertz CT molecular complexity index is 1250. The molecule has 1 heterocycles. The van der Waals surface area contributed by atoms with Crippen LogP contribution in [0.3, 0.4) is 0 Å². The van der Waals surface area contributed by atoms with Crippen LogP contribution < -0.4 is 19.1 Å². The summed E-state index contributed by atoms with van der Waals surface area (Å²) >= 11 is 0. The Morgan fingerprint density at radius 3 is 2.44 bits per heavy atom. The van der Waals surface area contributed by atoms with E-state index in [9.17, 15) is 17.6 Å². The summed E-state index contributed by atoms with van der Waals surface area (Å²) in [4.78, 5) is 12.7. The Hall–Kier alpha value is -3.59. The maximum atomic E-state index is 13.5. The van der Waals surface area contributed by atoms with Crippen LogP contribution in [-0.4, -0.2) is 34.1 Å².